The first-order valence-corrected chi connectivity index (χ1v) is 12.6. The fourth-order valence-corrected chi connectivity index (χ4v) is 4.56. The van der Waals surface area contributed by atoms with Gasteiger partial charge in [-0.1, -0.05) is 57.8 Å². The summed E-state index contributed by atoms with van der Waals surface area (Å²) in [5.74, 6) is -0.0900. The lowest BCUT2D eigenvalue weighted by molar-refractivity contribution is -0.127. The molecule has 0 bridgehead atoms. The van der Waals surface area contributed by atoms with Gasteiger partial charge in [-0.3, -0.25) is 9.59 Å². The van der Waals surface area contributed by atoms with Crippen molar-refractivity contribution in [3.63, 3.8) is 0 Å². The van der Waals surface area contributed by atoms with E-state index in [1.165, 1.54) is 57.8 Å². The molecular formula is C24H43N3O4. The van der Waals surface area contributed by atoms with Crippen molar-refractivity contribution in [1.82, 2.24) is 15.5 Å². The van der Waals surface area contributed by atoms with Crippen LogP contribution in [0.5, 0.6) is 0 Å². The third-order valence-electron chi connectivity index (χ3n) is 6.44. The second-order valence-electron chi connectivity index (χ2n) is 9.05. The van der Waals surface area contributed by atoms with Crippen LogP contribution in [0.4, 0.5) is 4.79 Å². The van der Waals surface area contributed by atoms with E-state index in [1.54, 1.807) is 11.8 Å². The largest absolute Gasteiger partial charge is 0.450 e. The third-order valence-corrected chi connectivity index (χ3v) is 6.44. The molecule has 178 valence electrons. The molecule has 0 aromatic rings. The van der Waals surface area contributed by atoms with Gasteiger partial charge in [0.2, 0.25) is 11.8 Å². The molecule has 0 spiro atoms. The van der Waals surface area contributed by atoms with Gasteiger partial charge in [0.1, 0.15) is 0 Å². The van der Waals surface area contributed by atoms with Crippen molar-refractivity contribution in [2.45, 2.75) is 115 Å². The zero-order valence-electron chi connectivity index (χ0n) is 19.5. The number of hydrogen-bond acceptors (Lipinski definition) is 4. The standard InChI is InChI=1S/C24H43N3O4/c1-2-31-24(30)27-18-16-21(17-19-27)26-23(29)15-14-22(28)25-20-12-10-8-6-4-3-5-7-9-11-13-20/h20-21H,2-19H2,1H3,(H,25,28)(H,26,29). The molecule has 0 aromatic heterocycles. The molecule has 1 heterocycles. The predicted molar refractivity (Wildman–Crippen MR) is 122 cm³/mol. The van der Waals surface area contributed by atoms with Crippen LogP contribution in [0, 0.1) is 0 Å². The van der Waals surface area contributed by atoms with Gasteiger partial charge in [0.15, 0.2) is 0 Å². The summed E-state index contributed by atoms with van der Waals surface area (Å²) in [7, 11) is 0. The molecule has 1 saturated carbocycles. The maximum atomic E-state index is 12.4. The van der Waals surface area contributed by atoms with Gasteiger partial charge in [0.05, 0.1) is 6.61 Å². The molecule has 0 atom stereocenters. The van der Waals surface area contributed by atoms with Gasteiger partial charge in [-0.15, -0.1) is 0 Å². The summed E-state index contributed by atoms with van der Waals surface area (Å²) in [4.78, 5) is 38.1. The normalized spacial score (nSPS) is 20.2. The first kappa shape index (κ1) is 25.5. The maximum Gasteiger partial charge on any atom is 0.409 e. The Morgan fingerprint density at radius 2 is 1.13 bits per heavy atom. The molecule has 7 nitrogen and oxygen atoms in total. The Balaban J connectivity index is 1.63. The predicted octanol–water partition coefficient (Wildman–Crippen LogP) is 4.29. The highest BCUT2D eigenvalue weighted by atomic mass is 16.6. The summed E-state index contributed by atoms with van der Waals surface area (Å²) in [6.45, 7) is 3.35. The lowest BCUT2D eigenvalue weighted by Gasteiger charge is -2.31. The van der Waals surface area contributed by atoms with E-state index in [4.69, 9.17) is 4.74 Å². The van der Waals surface area contributed by atoms with E-state index in [0.29, 0.717) is 19.7 Å². The zero-order valence-corrected chi connectivity index (χ0v) is 19.5. The van der Waals surface area contributed by atoms with Crippen LogP contribution in [0.1, 0.15) is 103 Å². The summed E-state index contributed by atoms with van der Waals surface area (Å²) < 4.78 is 5.02. The van der Waals surface area contributed by atoms with Gasteiger partial charge >= 0.3 is 6.09 Å². The number of carbonyl (C=O) groups excluding carboxylic acids is 3. The Bertz CT molecular complexity index is 535. The quantitative estimate of drug-likeness (QED) is 0.649. The van der Waals surface area contributed by atoms with Gasteiger partial charge in [-0.2, -0.15) is 0 Å². The number of nitrogens with zero attached hydrogens (tertiary/aromatic N) is 1. The van der Waals surface area contributed by atoms with E-state index in [1.807, 2.05) is 0 Å². The second kappa shape index (κ2) is 15.1. The summed E-state index contributed by atoms with van der Waals surface area (Å²) >= 11 is 0. The first-order chi connectivity index (χ1) is 15.1. The van der Waals surface area contributed by atoms with Crippen LogP contribution < -0.4 is 10.6 Å². The Labute approximate surface area is 188 Å². The van der Waals surface area contributed by atoms with Crippen molar-refractivity contribution in [2.24, 2.45) is 0 Å². The third kappa shape index (κ3) is 10.9. The number of rotatable bonds is 6. The van der Waals surface area contributed by atoms with E-state index < -0.39 is 0 Å². The van der Waals surface area contributed by atoms with Crippen molar-refractivity contribution in [1.29, 1.82) is 0 Å². The molecule has 0 unspecified atom stereocenters. The highest BCUT2D eigenvalue weighted by molar-refractivity contribution is 5.84. The van der Waals surface area contributed by atoms with Crippen LogP contribution in [0.3, 0.4) is 0 Å². The summed E-state index contributed by atoms with van der Waals surface area (Å²) in [6, 6.07) is 0.315. The molecule has 2 aliphatic rings. The molecule has 1 saturated heterocycles. The molecule has 7 heteroatoms. The molecule has 1 aliphatic carbocycles. The molecule has 31 heavy (non-hydrogen) atoms. The lowest BCUT2D eigenvalue weighted by atomic mass is 9.98. The van der Waals surface area contributed by atoms with Crippen LogP contribution in [-0.4, -0.2) is 54.6 Å². The number of nitrogens with one attached hydrogen (secondary N) is 2. The summed E-state index contributed by atoms with van der Waals surface area (Å²) in [5.41, 5.74) is 0. The van der Waals surface area contributed by atoms with Crippen molar-refractivity contribution in [3.8, 4) is 0 Å². The van der Waals surface area contributed by atoms with Crippen molar-refractivity contribution < 1.29 is 19.1 Å². The molecule has 2 N–H and O–H groups in total. The maximum absolute atomic E-state index is 12.4. The molecule has 2 rings (SSSR count). The number of hydrogen-bond donors (Lipinski definition) is 2. The minimum atomic E-state index is -0.282. The van der Waals surface area contributed by atoms with Crippen LogP contribution >= 0.6 is 0 Å². The van der Waals surface area contributed by atoms with Gasteiger partial charge in [0.25, 0.3) is 0 Å². The van der Waals surface area contributed by atoms with Gasteiger partial charge in [-0.05, 0) is 32.6 Å². The Hall–Kier alpha value is -1.79. The molecule has 0 radical (unpaired) electrons. The fraction of sp³-hybridized carbons (Fsp3) is 0.875. The van der Waals surface area contributed by atoms with Crippen LogP contribution in [0.15, 0.2) is 0 Å². The monoisotopic (exact) mass is 437 g/mol. The van der Waals surface area contributed by atoms with Crippen molar-refractivity contribution in [3.05, 3.63) is 0 Å². The topological polar surface area (TPSA) is 87.7 Å². The Morgan fingerprint density at radius 3 is 1.58 bits per heavy atom. The fourth-order valence-electron chi connectivity index (χ4n) is 4.56. The van der Waals surface area contributed by atoms with Gasteiger partial charge in [0, 0.05) is 38.0 Å². The van der Waals surface area contributed by atoms with Crippen molar-refractivity contribution in [2.75, 3.05) is 19.7 Å². The van der Waals surface area contributed by atoms with E-state index in [0.717, 1.165) is 25.7 Å². The molecular weight excluding hydrogens is 394 g/mol. The minimum Gasteiger partial charge on any atom is -0.450 e. The minimum absolute atomic E-state index is 0.00984. The number of piperidine rings is 1. The Morgan fingerprint density at radius 1 is 0.710 bits per heavy atom. The number of carbonyl (C=O) groups is 3. The zero-order chi connectivity index (χ0) is 22.3. The molecule has 2 fully saturated rings. The highest BCUT2D eigenvalue weighted by Crippen LogP contribution is 2.17. The highest BCUT2D eigenvalue weighted by Gasteiger charge is 2.24. The van der Waals surface area contributed by atoms with Gasteiger partial charge < -0.3 is 20.3 Å². The lowest BCUT2D eigenvalue weighted by Crippen LogP contribution is -2.46. The SMILES string of the molecule is CCOC(=O)N1CCC(NC(=O)CCC(=O)NC2CCCCCCCCCCC2)CC1. The molecule has 3 amide bonds. The first-order valence-electron chi connectivity index (χ1n) is 12.6. The smallest absolute Gasteiger partial charge is 0.409 e. The van der Waals surface area contributed by atoms with Crippen LogP contribution in [-0.2, 0) is 14.3 Å². The molecule has 0 aromatic carbocycles. The van der Waals surface area contributed by atoms with E-state index in [9.17, 15) is 14.4 Å². The van der Waals surface area contributed by atoms with E-state index in [2.05, 4.69) is 10.6 Å². The number of ether oxygens (including phenoxy) is 1. The summed E-state index contributed by atoms with van der Waals surface area (Å²) in [6.07, 6.45) is 15.2. The Kier molecular flexibility index (Phi) is 12.4. The van der Waals surface area contributed by atoms with Crippen LogP contribution in [0.2, 0.25) is 0 Å². The van der Waals surface area contributed by atoms with E-state index in [-0.39, 0.29) is 42.8 Å². The van der Waals surface area contributed by atoms with Crippen molar-refractivity contribution >= 4 is 17.9 Å². The number of likely N-dealkylation sites (tertiary alicyclic amines) is 1. The average Bonchev–Trinajstić information content (AvgIpc) is 2.75. The number of amides is 3. The second-order valence-corrected chi connectivity index (χ2v) is 9.05. The van der Waals surface area contributed by atoms with Crippen LogP contribution in [0.25, 0.3) is 0 Å². The van der Waals surface area contributed by atoms with E-state index >= 15 is 0 Å². The summed E-state index contributed by atoms with van der Waals surface area (Å²) in [5, 5.41) is 6.20. The average molecular weight is 438 g/mol. The van der Waals surface area contributed by atoms with Gasteiger partial charge in [-0.25, -0.2) is 4.79 Å². The molecule has 1 aliphatic heterocycles.